The maximum absolute atomic E-state index is 10.2. The standard InChI is InChI=1S/C4H5O7P/c1-2(3(5)6)11-12(9,10)4(7)8/h1H2,(H,5,6)(H,7,8)(H,9,10)/p-3. The lowest BCUT2D eigenvalue weighted by atomic mass is 10.6. The predicted octanol–water partition coefficient (Wildman–Crippen LogP) is -2.84. The van der Waals surface area contributed by atoms with Crippen molar-refractivity contribution in [2.75, 3.05) is 0 Å². The highest BCUT2D eigenvalue weighted by atomic mass is 31.2. The molecule has 0 rings (SSSR count). The molecular formula is C4H2O7P-3. The average molecular weight is 193 g/mol. The van der Waals surface area contributed by atoms with Gasteiger partial charge in [0.2, 0.25) is 7.60 Å². The van der Waals surface area contributed by atoms with Crippen LogP contribution in [0.3, 0.4) is 0 Å². The van der Waals surface area contributed by atoms with Gasteiger partial charge < -0.3 is 29.2 Å². The minimum absolute atomic E-state index is 1.31. The van der Waals surface area contributed by atoms with Crippen LogP contribution >= 0.6 is 7.60 Å². The third-order valence-electron chi connectivity index (χ3n) is 0.682. The molecule has 0 bridgehead atoms. The summed E-state index contributed by atoms with van der Waals surface area (Å²) in [6.07, 6.45) is 0. The van der Waals surface area contributed by atoms with Crippen molar-refractivity contribution in [2.45, 2.75) is 0 Å². The summed E-state index contributed by atoms with van der Waals surface area (Å²) in [5.41, 5.74) is -2.52. The summed E-state index contributed by atoms with van der Waals surface area (Å²) in [6, 6.07) is 0. The Bertz CT molecular complexity index is 279. The van der Waals surface area contributed by atoms with Crippen LogP contribution in [0.1, 0.15) is 0 Å². The van der Waals surface area contributed by atoms with Crippen LogP contribution in [-0.2, 0) is 13.9 Å². The van der Waals surface area contributed by atoms with Crippen molar-refractivity contribution in [3.63, 3.8) is 0 Å². The number of carbonyl (C=O) groups is 2. The first-order valence-electron chi connectivity index (χ1n) is 2.40. The molecule has 0 saturated carbocycles. The molecule has 0 fully saturated rings. The molecule has 7 nitrogen and oxygen atoms in total. The molecule has 0 aromatic heterocycles. The normalized spacial score (nSPS) is 14.4. The number of hydrogen-bond acceptors (Lipinski definition) is 7. The minimum atomic E-state index is -5.34. The van der Waals surface area contributed by atoms with E-state index in [4.69, 9.17) is 0 Å². The summed E-state index contributed by atoms with van der Waals surface area (Å²) < 4.78 is 13.7. The molecular weight excluding hydrogens is 191 g/mol. The summed E-state index contributed by atoms with van der Waals surface area (Å²) in [5.74, 6) is -3.33. The van der Waals surface area contributed by atoms with E-state index in [1.807, 2.05) is 0 Å². The van der Waals surface area contributed by atoms with Gasteiger partial charge in [0.25, 0.3) is 0 Å². The van der Waals surface area contributed by atoms with Crippen molar-refractivity contribution in [1.82, 2.24) is 0 Å². The molecule has 12 heavy (non-hydrogen) atoms. The summed E-state index contributed by atoms with van der Waals surface area (Å²) in [6.45, 7) is 2.57. The molecule has 0 N–H and O–H groups in total. The van der Waals surface area contributed by atoms with Gasteiger partial charge in [-0.05, 0) is 0 Å². The molecule has 0 spiro atoms. The number of carboxylic acids is 1. The van der Waals surface area contributed by atoms with Gasteiger partial charge in [-0.1, -0.05) is 6.58 Å². The highest BCUT2D eigenvalue weighted by molar-refractivity contribution is 7.68. The van der Waals surface area contributed by atoms with E-state index in [2.05, 4.69) is 11.1 Å². The van der Waals surface area contributed by atoms with Crippen LogP contribution in [-0.4, -0.2) is 11.7 Å². The van der Waals surface area contributed by atoms with E-state index < -0.39 is 25.0 Å². The number of aliphatic carboxylic acids is 1. The van der Waals surface area contributed by atoms with Gasteiger partial charge in [-0.3, -0.25) is 4.57 Å². The van der Waals surface area contributed by atoms with Crippen molar-refractivity contribution < 1.29 is 33.8 Å². The van der Waals surface area contributed by atoms with Crippen molar-refractivity contribution >= 4 is 19.3 Å². The van der Waals surface area contributed by atoms with Gasteiger partial charge in [0, 0.05) is 0 Å². The lowest BCUT2D eigenvalue weighted by Gasteiger charge is -2.25. The molecule has 68 valence electrons. The van der Waals surface area contributed by atoms with Crippen LogP contribution in [0.2, 0.25) is 0 Å². The first-order chi connectivity index (χ1) is 5.27. The maximum atomic E-state index is 10.2. The van der Waals surface area contributed by atoms with Gasteiger partial charge >= 0.3 is 0 Å². The molecule has 0 heterocycles. The molecule has 0 aromatic carbocycles. The third-order valence-corrected chi connectivity index (χ3v) is 1.59. The molecule has 0 saturated heterocycles. The van der Waals surface area contributed by atoms with Gasteiger partial charge in [0.05, 0.1) is 0 Å². The second-order valence-electron chi connectivity index (χ2n) is 1.57. The van der Waals surface area contributed by atoms with Crippen LogP contribution in [0, 0.1) is 0 Å². The Kier molecular flexibility index (Phi) is 3.00. The second-order valence-corrected chi connectivity index (χ2v) is 3.11. The van der Waals surface area contributed by atoms with Crippen molar-refractivity contribution in [3.05, 3.63) is 12.3 Å². The number of rotatable bonds is 4. The van der Waals surface area contributed by atoms with E-state index >= 15 is 0 Å². The van der Waals surface area contributed by atoms with E-state index in [0.29, 0.717) is 0 Å². The topological polar surface area (TPSA) is 130 Å². The smallest absolute Gasteiger partial charge is 0.229 e. The monoisotopic (exact) mass is 193 g/mol. The number of carboxylic acid groups (broad SMARTS) is 2. The second kappa shape index (κ2) is 3.38. The summed E-state index contributed by atoms with van der Waals surface area (Å²) in [7, 11) is -5.34. The van der Waals surface area contributed by atoms with Crippen LogP contribution < -0.4 is 15.1 Å². The zero-order valence-electron chi connectivity index (χ0n) is 5.51. The Hall–Kier alpha value is -1.33. The Labute approximate surface area is 66.4 Å². The fourth-order valence-electron chi connectivity index (χ4n) is 0.220. The van der Waals surface area contributed by atoms with E-state index in [9.17, 15) is 29.3 Å². The molecule has 0 aliphatic carbocycles. The van der Waals surface area contributed by atoms with Gasteiger partial charge in [-0.25, -0.2) is 0 Å². The SMILES string of the molecule is C=C(OP(=O)([O-])C(=O)[O-])C(=O)[O-]. The van der Waals surface area contributed by atoms with Crippen molar-refractivity contribution in [1.29, 1.82) is 0 Å². The Morgan fingerprint density at radius 1 is 1.33 bits per heavy atom. The Morgan fingerprint density at radius 2 is 1.75 bits per heavy atom. The molecule has 0 amide bonds. The van der Waals surface area contributed by atoms with Crippen LogP contribution in [0.15, 0.2) is 12.3 Å². The molecule has 0 aromatic rings. The van der Waals surface area contributed by atoms with E-state index in [-0.39, 0.29) is 0 Å². The molecule has 0 radical (unpaired) electrons. The lowest BCUT2D eigenvalue weighted by molar-refractivity contribution is -0.303. The molecule has 8 heteroatoms. The number of carbonyl (C=O) groups excluding carboxylic acids is 2. The zero-order chi connectivity index (χ0) is 9.94. The Morgan fingerprint density at radius 3 is 2.00 bits per heavy atom. The molecule has 1 atom stereocenters. The summed E-state index contributed by atoms with van der Waals surface area (Å²) >= 11 is 0. The van der Waals surface area contributed by atoms with Crippen LogP contribution in [0.4, 0.5) is 4.79 Å². The summed E-state index contributed by atoms with van der Waals surface area (Å²) in [4.78, 5) is 29.7. The van der Waals surface area contributed by atoms with Gasteiger partial charge in [0.15, 0.2) is 0 Å². The summed E-state index contributed by atoms with van der Waals surface area (Å²) in [5, 5.41) is 19.5. The largest absolute Gasteiger partial charge is 0.765 e. The minimum Gasteiger partial charge on any atom is -0.765 e. The van der Waals surface area contributed by atoms with Gasteiger partial charge in [-0.2, -0.15) is 0 Å². The highest BCUT2D eigenvalue weighted by Gasteiger charge is 2.12. The van der Waals surface area contributed by atoms with Gasteiger partial charge in [-0.15, -0.1) is 0 Å². The highest BCUT2D eigenvalue weighted by Crippen LogP contribution is 2.38. The molecule has 1 unspecified atom stereocenters. The zero-order valence-corrected chi connectivity index (χ0v) is 6.41. The lowest BCUT2D eigenvalue weighted by Crippen LogP contribution is -2.30. The average Bonchev–Trinajstić information content (AvgIpc) is 1.85. The van der Waals surface area contributed by atoms with E-state index in [1.54, 1.807) is 0 Å². The van der Waals surface area contributed by atoms with Crippen molar-refractivity contribution in [2.24, 2.45) is 0 Å². The molecule has 0 aliphatic heterocycles. The van der Waals surface area contributed by atoms with Crippen LogP contribution in [0.25, 0.3) is 0 Å². The van der Waals surface area contributed by atoms with Gasteiger partial charge in [0.1, 0.15) is 17.4 Å². The fraction of sp³-hybridized carbons (Fsp3) is 0. The fourth-order valence-corrected chi connectivity index (χ4v) is 0.659. The quantitative estimate of drug-likeness (QED) is 0.267. The van der Waals surface area contributed by atoms with Crippen LogP contribution in [0.5, 0.6) is 0 Å². The first-order valence-corrected chi connectivity index (χ1v) is 3.94. The Balaban J connectivity index is 4.47. The number of hydrogen-bond donors (Lipinski definition) is 0. The van der Waals surface area contributed by atoms with E-state index in [0.717, 1.165) is 0 Å². The maximum Gasteiger partial charge on any atom is 0.229 e. The third kappa shape index (κ3) is 2.73. The van der Waals surface area contributed by atoms with E-state index in [1.165, 1.54) is 0 Å². The van der Waals surface area contributed by atoms with Crippen molar-refractivity contribution in [3.8, 4) is 0 Å². The first kappa shape index (κ1) is 10.7. The molecule has 0 aliphatic rings. The predicted molar refractivity (Wildman–Crippen MR) is 28.2 cm³/mol.